The number of rotatable bonds is 47. The summed E-state index contributed by atoms with van der Waals surface area (Å²) in [6.07, 6.45) is 1.20. The van der Waals surface area contributed by atoms with Crippen LogP contribution in [0.15, 0.2) is 22.0 Å². The summed E-state index contributed by atoms with van der Waals surface area (Å²) >= 11 is 0. The van der Waals surface area contributed by atoms with Gasteiger partial charge in [-0.2, -0.15) is 0 Å². The zero-order chi connectivity index (χ0) is 60.7. The Labute approximate surface area is 502 Å². The van der Waals surface area contributed by atoms with Gasteiger partial charge in [-0.1, -0.05) is 33.6 Å². The van der Waals surface area contributed by atoms with E-state index in [2.05, 4.69) is 20.7 Å². The van der Waals surface area contributed by atoms with Gasteiger partial charge < -0.3 is 81.9 Å². The van der Waals surface area contributed by atoms with Crippen molar-refractivity contribution in [3.8, 4) is 11.4 Å². The van der Waals surface area contributed by atoms with Gasteiger partial charge in [-0.3, -0.25) is 14.4 Å². The van der Waals surface area contributed by atoms with E-state index in [0.717, 1.165) is 22.1 Å². The summed E-state index contributed by atoms with van der Waals surface area (Å²) in [4.78, 5) is 60.6. The zero-order valence-corrected chi connectivity index (χ0v) is 51.0. The number of aliphatic hydroxyl groups is 1. The van der Waals surface area contributed by atoms with Crippen LogP contribution in [-0.2, 0) is 101 Å². The highest BCUT2D eigenvalue weighted by molar-refractivity contribution is 8.77. The van der Waals surface area contributed by atoms with Crippen LogP contribution in [0.3, 0.4) is 0 Å². The second-order valence-corrected chi connectivity index (χ2v) is 23.4. The lowest BCUT2D eigenvalue weighted by Crippen LogP contribution is -2.44. The number of fused-ring (bicyclic) bond motifs is 5. The van der Waals surface area contributed by atoms with Crippen LogP contribution in [0, 0.1) is 12.7 Å². The standard InChI is InChI=1S/C57H84FN7O18S2/c1-5-57(70)44-34-48-53-42(36-65(48)54(68)43(44)37-83-55(57)69)52-46(7-6-41-40(2)45(58)35-47(63-53)51(41)52)62-50(67)38-84-85-56(3,4)39-60-49(66)8-10-71-12-14-73-16-18-75-20-22-77-24-26-79-28-30-81-32-33-82-31-29-80-27-25-78-23-21-76-19-17-74-15-13-72-11-9-61-64-59/h34-35,46,70H,5-33,36-39H2,1-4H3,(H,60,66)(H,62,67)/t46-,57-/m0/s1. The Bertz CT molecular complexity index is 2700. The van der Waals surface area contributed by atoms with Gasteiger partial charge in [0.2, 0.25) is 11.8 Å². The fourth-order valence-electron chi connectivity index (χ4n) is 9.44. The van der Waals surface area contributed by atoms with E-state index in [9.17, 15) is 24.3 Å². The van der Waals surface area contributed by atoms with Crippen molar-refractivity contribution in [3.05, 3.63) is 72.1 Å². The smallest absolute Gasteiger partial charge is 0.343 e. The first-order valence-corrected chi connectivity index (χ1v) is 31.2. The van der Waals surface area contributed by atoms with Crippen molar-refractivity contribution >= 4 is 50.3 Å². The Hall–Kier alpha value is -4.59. The number of azide groups is 1. The van der Waals surface area contributed by atoms with E-state index < -0.39 is 33.7 Å². The molecule has 2 amide bonds. The van der Waals surface area contributed by atoms with Crippen LogP contribution < -0.4 is 16.2 Å². The molecule has 0 unspecified atom stereocenters. The molecule has 0 spiro atoms. The van der Waals surface area contributed by atoms with Crippen LogP contribution in [0.4, 0.5) is 4.39 Å². The number of cyclic esters (lactones) is 1. The molecule has 474 valence electrons. The van der Waals surface area contributed by atoms with E-state index >= 15 is 4.39 Å². The molecule has 25 nitrogen and oxygen atoms in total. The number of hydrogen-bond acceptors (Lipinski definition) is 22. The largest absolute Gasteiger partial charge is 0.458 e. The first-order valence-electron chi connectivity index (χ1n) is 28.9. The van der Waals surface area contributed by atoms with Gasteiger partial charge >= 0.3 is 5.97 Å². The predicted molar refractivity (Wildman–Crippen MR) is 314 cm³/mol. The Morgan fingerprint density at radius 2 is 1.26 bits per heavy atom. The normalized spacial score (nSPS) is 16.0. The summed E-state index contributed by atoms with van der Waals surface area (Å²) in [5.74, 6) is -1.45. The van der Waals surface area contributed by atoms with E-state index in [1.54, 1.807) is 24.5 Å². The third kappa shape index (κ3) is 22.2. The molecule has 3 aromatic rings. The summed E-state index contributed by atoms with van der Waals surface area (Å²) in [7, 11) is 2.87. The number of nitrogens with one attached hydrogen (secondary N) is 2. The monoisotopic (exact) mass is 1240 g/mol. The first-order chi connectivity index (χ1) is 41.3. The maximum Gasteiger partial charge on any atom is 0.343 e. The van der Waals surface area contributed by atoms with Gasteiger partial charge in [0.25, 0.3) is 5.56 Å². The molecule has 1 aliphatic carbocycles. The predicted octanol–water partition coefficient (Wildman–Crippen LogP) is 4.81. The molecular weight excluding hydrogens is 1150 g/mol. The van der Waals surface area contributed by atoms with Crippen molar-refractivity contribution in [1.29, 1.82) is 0 Å². The number of pyridine rings is 2. The molecule has 3 N–H and O–H groups in total. The number of aryl methyl sites for hydroxylation is 1. The van der Waals surface area contributed by atoms with Gasteiger partial charge in [-0.05, 0) is 68.3 Å². The summed E-state index contributed by atoms with van der Waals surface area (Å²) in [5, 5.41) is 21.7. The summed E-state index contributed by atoms with van der Waals surface area (Å²) in [5.41, 5.74) is 10.3. The molecular formula is C57H84FN7O18S2. The molecule has 4 heterocycles. The fraction of sp³-hybridized carbons (Fsp3) is 0.702. The summed E-state index contributed by atoms with van der Waals surface area (Å²) < 4.78 is 87.5. The Balaban J connectivity index is 0.708. The molecule has 2 aromatic heterocycles. The molecule has 0 saturated carbocycles. The lowest BCUT2D eigenvalue weighted by molar-refractivity contribution is -0.172. The van der Waals surface area contributed by atoms with E-state index in [1.807, 2.05) is 13.8 Å². The minimum atomic E-state index is -2.00. The molecule has 85 heavy (non-hydrogen) atoms. The van der Waals surface area contributed by atoms with Gasteiger partial charge in [0.1, 0.15) is 12.4 Å². The topological polar surface area (TPSA) is 299 Å². The van der Waals surface area contributed by atoms with Gasteiger partial charge in [-0.15, -0.1) is 0 Å². The Morgan fingerprint density at radius 1 is 0.765 bits per heavy atom. The number of carbonyl (C=O) groups is 3. The molecule has 0 bridgehead atoms. The van der Waals surface area contributed by atoms with Crippen LogP contribution in [-0.4, -0.2) is 215 Å². The van der Waals surface area contributed by atoms with Crippen LogP contribution >= 0.6 is 21.6 Å². The number of halogens is 1. The maximum absolute atomic E-state index is 15.4. The average Bonchev–Trinajstić information content (AvgIpc) is 1.67. The molecule has 6 rings (SSSR count). The van der Waals surface area contributed by atoms with E-state index in [1.165, 1.54) is 27.7 Å². The van der Waals surface area contributed by atoms with Gasteiger partial charge in [-0.25, -0.2) is 14.2 Å². The quantitative estimate of drug-likeness (QED) is 0.0134. The van der Waals surface area contributed by atoms with Crippen molar-refractivity contribution in [2.24, 2.45) is 5.11 Å². The van der Waals surface area contributed by atoms with Crippen molar-refractivity contribution < 1.29 is 85.5 Å². The number of hydrogen-bond donors (Lipinski definition) is 3. The van der Waals surface area contributed by atoms with Gasteiger partial charge in [0, 0.05) is 51.7 Å². The Morgan fingerprint density at radius 3 is 1.75 bits per heavy atom. The van der Waals surface area contributed by atoms with Gasteiger partial charge in [0.05, 0.1) is 199 Å². The second-order valence-electron chi connectivity index (χ2n) is 20.4. The van der Waals surface area contributed by atoms with Crippen LogP contribution in [0.25, 0.3) is 32.7 Å². The minimum absolute atomic E-state index is 0.00144. The van der Waals surface area contributed by atoms with Crippen molar-refractivity contribution in [2.45, 2.75) is 82.9 Å². The summed E-state index contributed by atoms with van der Waals surface area (Å²) in [6, 6.07) is 2.56. The maximum atomic E-state index is 15.4. The molecule has 0 radical (unpaired) electrons. The van der Waals surface area contributed by atoms with Crippen LogP contribution in [0.2, 0.25) is 0 Å². The number of ether oxygens (including phenoxy) is 13. The van der Waals surface area contributed by atoms with E-state index in [4.69, 9.17) is 72.1 Å². The highest BCUT2D eigenvalue weighted by Gasteiger charge is 2.46. The number of benzene rings is 1. The third-order valence-electron chi connectivity index (χ3n) is 13.9. The molecule has 2 atom stereocenters. The lowest BCUT2D eigenvalue weighted by atomic mass is 9.81. The third-order valence-corrected chi connectivity index (χ3v) is 17.0. The number of carbonyl (C=O) groups excluding carboxylic acids is 3. The van der Waals surface area contributed by atoms with Crippen molar-refractivity contribution in [2.75, 3.05) is 177 Å². The number of amides is 2. The van der Waals surface area contributed by atoms with Gasteiger partial charge in [0.15, 0.2) is 5.60 Å². The van der Waals surface area contributed by atoms with E-state index in [0.29, 0.717) is 200 Å². The second kappa shape index (κ2) is 38.0. The molecule has 0 saturated heterocycles. The SMILES string of the molecule is CC[C@@]1(O)C(=O)OCc2c1cc1n(c2=O)Cc2c-1nc1cc(F)c(C)c3c1c2[C@@H](NC(=O)CSSC(C)(C)CNC(=O)CCOCCOCCOCCOCCOCCOCCOCCOCCOCCOCCOCCOCCN=[N+]=[N-])CC3. The molecule has 0 fully saturated rings. The fourth-order valence-corrected chi connectivity index (χ4v) is 11.8. The first kappa shape index (κ1) is 69.5. The lowest BCUT2D eigenvalue weighted by Gasteiger charge is -2.31. The highest BCUT2D eigenvalue weighted by atomic mass is 33.1. The zero-order valence-electron chi connectivity index (χ0n) is 49.4. The molecule has 1 aromatic carbocycles. The van der Waals surface area contributed by atoms with Crippen LogP contribution in [0.1, 0.15) is 79.5 Å². The molecule has 2 aliphatic heterocycles. The number of nitrogens with zero attached hydrogens (tertiary/aromatic N) is 5. The molecule has 3 aliphatic rings. The number of esters is 1. The number of aromatic nitrogens is 2. The Kier molecular flexibility index (Phi) is 31.0. The average molecular weight is 1240 g/mol. The minimum Gasteiger partial charge on any atom is -0.458 e. The van der Waals surface area contributed by atoms with E-state index in [-0.39, 0.29) is 61.3 Å². The van der Waals surface area contributed by atoms with Crippen LogP contribution in [0.5, 0.6) is 0 Å². The van der Waals surface area contributed by atoms with Crippen molar-refractivity contribution in [3.63, 3.8) is 0 Å². The molecule has 28 heteroatoms. The van der Waals surface area contributed by atoms with Crippen molar-refractivity contribution in [1.82, 2.24) is 20.2 Å². The summed E-state index contributed by atoms with van der Waals surface area (Å²) in [6.45, 7) is 18.2. The highest BCUT2D eigenvalue weighted by Crippen LogP contribution is 2.46.